The second-order valence-electron chi connectivity index (χ2n) is 5.73. The zero-order chi connectivity index (χ0) is 15.4. The predicted octanol–water partition coefficient (Wildman–Crippen LogP) is 0.00200. The van der Waals surface area contributed by atoms with E-state index < -0.39 is 0 Å². The van der Waals surface area contributed by atoms with Gasteiger partial charge in [-0.25, -0.2) is 0 Å². The Balaban J connectivity index is 2.34. The second kappa shape index (κ2) is 7.33. The van der Waals surface area contributed by atoms with E-state index >= 15 is 0 Å². The highest BCUT2D eigenvalue weighted by Gasteiger charge is 2.49. The molecule has 0 saturated carbocycles. The summed E-state index contributed by atoms with van der Waals surface area (Å²) in [4.78, 5) is 2.04. The van der Waals surface area contributed by atoms with Gasteiger partial charge in [0.1, 0.15) is 0 Å². The molecule has 118 valence electrons. The number of aliphatic hydroxyl groups excluding tert-OH is 4. The summed E-state index contributed by atoms with van der Waals surface area (Å²) >= 11 is 0. The quantitative estimate of drug-likeness (QED) is 0.594. The molecule has 2 rings (SSSR count). The molecule has 1 aliphatic heterocycles. The van der Waals surface area contributed by atoms with Gasteiger partial charge in [0.2, 0.25) is 0 Å². The van der Waals surface area contributed by atoms with Gasteiger partial charge in [0, 0.05) is 43.2 Å². The van der Waals surface area contributed by atoms with Gasteiger partial charge in [-0.05, 0) is 12.5 Å². The van der Waals surface area contributed by atoms with E-state index in [0.717, 1.165) is 5.56 Å². The Morgan fingerprint density at radius 2 is 1.33 bits per heavy atom. The lowest BCUT2D eigenvalue weighted by atomic mass is 9.88. The maximum atomic E-state index is 9.74. The topological polar surface area (TPSA) is 84.2 Å². The highest BCUT2D eigenvalue weighted by atomic mass is 16.3. The van der Waals surface area contributed by atoms with Crippen molar-refractivity contribution < 1.29 is 20.4 Å². The first-order chi connectivity index (χ1) is 10.2. The van der Waals surface area contributed by atoms with Gasteiger partial charge in [-0.3, -0.25) is 4.90 Å². The molecule has 5 nitrogen and oxygen atoms in total. The van der Waals surface area contributed by atoms with Crippen LogP contribution in [-0.4, -0.2) is 63.8 Å². The number of hydrogen-bond donors (Lipinski definition) is 4. The largest absolute Gasteiger partial charge is 0.396 e. The third kappa shape index (κ3) is 2.98. The van der Waals surface area contributed by atoms with Crippen LogP contribution in [0.1, 0.15) is 18.5 Å². The first-order valence-corrected chi connectivity index (χ1v) is 7.45. The summed E-state index contributed by atoms with van der Waals surface area (Å²) in [5, 5.41) is 38.7. The van der Waals surface area contributed by atoms with Gasteiger partial charge in [-0.1, -0.05) is 30.3 Å². The fraction of sp³-hybridized carbons (Fsp3) is 0.625. The van der Waals surface area contributed by atoms with E-state index in [-0.39, 0.29) is 56.4 Å². The molecule has 0 spiro atoms. The predicted molar refractivity (Wildman–Crippen MR) is 79.6 cm³/mol. The number of nitrogens with zero attached hydrogens (tertiary/aromatic N) is 1. The number of rotatable bonds is 6. The van der Waals surface area contributed by atoms with Crippen LogP contribution in [0.5, 0.6) is 0 Å². The van der Waals surface area contributed by atoms with Crippen molar-refractivity contribution >= 4 is 0 Å². The maximum absolute atomic E-state index is 9.74. The summed E-state index contributed by atoms with van der Waals surface area (Å²) in [6, 6.07) is 9.33. The molecule has 0 aliphatic carbocycles. The van der Waals surface area contributed by atoms with Gasteiger partial charge in [-0.2, -0.15) is 0 Å². The minimum atomic E-state index is -0.264. The number of hydrogen-bond acceptors (Lipinski definition) is 5. The molecule has 0 aromatic heterocycles. The van der Waals surface area contributed by atoms with Crippen LogP contribution in [0.3, 0.4) is 0 Å². The molecule has 4 N–H and O–H groups in total. The average Bonchev–Trinajstić information content (AvgIpc) is 2.87. The number of aliphatic hydroxyl groups is 4. The van der Waals surface area contributed by atoms with Crippen LogP contribution in [-0.2, 0) is 0 Å². The standard InChI is InChI=1S/C16H25NO4/c1-11(12-5-3-2-4-6-12)17-15(9-20)13(7-18)14(8-19)16(17)10-21/h2-6,11,13-16,18-21H,7-10H2,1H3/t11-,13-,14-,15+,16+/m0/s1. The van der Waals surface area contributed by atoms with Crippen LogP contribution >= 0.6 is 0 Å². The van der Waals surface area contributed by atoms with Gasteiger partial charge in [0.25, 0.3) is 0 Å². The minimum absolute atomic E-state index is 0.00824. The van der Waals surface area contributed by atoms with Crippen LogP contribution in [0.15, 0.2) is 30.3 Å². The van der Waals surface area contributed by atoms with Crippen molar-refractivity contribution in [2.24, 2.45) is 11.8 Å². The van der Waals surface area contributed by atoms with E-state index in [9.17, 15) is 20.4 Å². The highest BCUT2D eigenvalue weighted by Crippen LogP contribution is 2.40. The number of benzene rings is 1. The summed E-state index contributed by atoms with van der Waals surface area (Å²) in [5.74, 6) is -0.466. The highest BCUT2D eigenvalue weighted by molar-refractivity contribution is 5.20. The van der Waals surface area contributed by atoms with Crippen LogP contribution in [0.2, 0.25) is 0 Å². The Kier molecular flexibility index (Phi) is 5.72. The molecule has 1 aromatic carbocycles. The van der Waals surface area contributed by atoms with E-state index in [0.29, 0.717) is 0 Å². The van der Waals surface area contributed by atoms with Crippen molar-refractivity contribution in [3.63, 3.8) is 0 Å². The third-order valence-electron chi connectivity index (χ3n) is 4.83. The Bertz CT molecular complexity index is 410. The molecule has 1 fully saturated rings. The third-order valence-corrected chi connectivity index (χ3v) is 4.83. The van der Waals surface area contributed by atoms with E-state index in [1.54, 1.807) is 0 Å². The second-order valence-corrected chi connectivity index (χ2v) is 5.73. The Morgan fingerprint density at radius 1 is 0.857 bits per heavy atom. The molecule has 5 atom stereocenters. The van der Waals surface area contributed by atoms with E-state index in [2.05, 4.69) is 0 Å². The van der Waals surface area contributed by atoms with Gasteiger partial charge in [-0.15, -0.1) is 0 Å². The molecular weight excluding hydrogens is 270 g/mol. The molecular formula is C16H25NO4. The fourth-order valence-electron chi connectivity index (χ4n) is 3.71. The minimum Gasteiger partial charge on any atom is -0.396 e. The van der Waals surface area contributed by atoms with Crippen molar-refractivity contribution in [1.29, 1.82) is 0 Å². The Labute approximate surface area is 125 Å². The van der Waals surface area contributed by atoms with E-state index in [4.69, 9.17) is 0 Å². The molecule has 0 unspecified atom stereocenters. The molecule has 0 radical (unpaired) electrons. The number of likely N-dealkylation sites (tertiary alicyclic amines) is 1. The Morgan fingerprint density at radius 3 is 1.71 bits per heavy atom. The molecule has 5 heteroatoms. The van der Waals surface area contributed by atoms with E-state index in [1.165, 1.54) is 0 Å². The monoisotopic (exact) mass is 295 g/mol. The zero-order valence-corrected chi connectivity index (χ0v) is 12.3. The van der Waals surface area contributed by atoms with Gasteiger partial charge < -0.3 is 20.4 Å². The van der Waals surface area contributed by atoms with Crippen molar-refractivity contribution in [3.05, 3.63) is 35.9 Å². The molecule has 0 bridgehead atoms. The van der Waals surface area contributed by atoms with Crippen molar-refractivity contribution in [1.82, 2.24) is 4.90 Å². The first-order valence-electron chi connectivity index (χ1n) is 7.45. The summed E-state index contributed by atoms with van der Waals surface area (Å²) in [6.07, 6.45) is 0. The van der Waals surface area contributed by atoms with Gasteiger partial charge >= 0.3 is 0 Å². The lowest BCUT2D eigenvalue weighted by Crippen LogP contribution is -2.44. The summed E-state index contributed by atoms with van der Waals surface area (Å²) in [5.41, 5.74) is 1.09. The van der Waals surface area contributed by atoms with Crippen molar-refractivity contribution in [3.8, 4) is 0 Å². The lowest BCUT2D eigenvalue weighted by Gasteiger charge is -2.35. The SMILES string of the molecule is C[C@@H](c1ccccc1)N1[C@H](CO)[C@@H](CO)[C@H](CO)[C@H]1CO. The van der Waals surface area contributed by atoms with Crippen molar-refractivity contribution in [2.45, 2.75) is 25.0 Å². The summed E-state index contributed by atoms with van der Waals surface area (Å²) < 4.78 is 0. The van der Waals surface area contributed by atoms with Gasteiger partial charge in [0.05, 0.1) is 13.2 Å². The van der Waals surface area contributed by atoms with Crippen LogP contribution in [0.25, 0.3) is 0 Å². The molecule has 21 heavy (non-hydrogen) atoms. The van der Waals surface area contributed by atoms with Gasteiger partial charge in [0.15, 0.2) is 0 Å². The smallest absolute Gasteiger partial charge is 0.0590 e. The summed E-state index contributed by atoms with van der Waals surface area (Å²) in [7, 11) is 0. The van der Waals surface area contributed by atoms with Crippen LogP contribution in [0.4, 0.5) is 0 Å². The molecule has 1 heterocycles. The fourth-order valence-corrected chi connectivity index (χ4v) is 3.71. The molecule has 1 saturated heterocycles. The molecule has 1 aliphatic rings. The zero-order valence-electron chi connectivity index (χ0n) is 12.3. The molecule has 0 amide bonds. The van der Waals surface area contributed by atoms with Crippen LogP contribution < -0.4 is 0 Å². The average molecular weight is 295 g/mol. The lowest BCUT2D eigenvalue weighted by molar-refractivity contribution is 0.0452. The summed E-state index contributed by atoms with van der Waals surface area (Å²) in [6.45, 7) is 1.61. The first kappa shape index (κ1) is 16.4. The van der Waals surface area contributed by atoms with E-state index in [1.807, 2.05) is 42.2 Å². The van der Waals surface area contributed by atoms with Crippen LogP contribution in [0, 0.1) is 11.8 Å². The normalized spacial score (nSPS) is 31.5. The Hall–Kier alpha value is -0.980. The maximum Gasteiger partial charge on any atom is 0.0590 e. The molecule has 1 aromatic rings. The van der Waals surface area contributed by atoms with Crippen molar-refractivity contribution in [2.75, 3.05) is 26.4 Å².